The molecule has 1 saturated heterocycles. The predicted molar refractivity (Wildman–Crippen MR) is 120 cm³/mol. The standard InChI is InChI=1S/C22H26N2O6.ClH/c1-4-30-22(26)19-13-16(5-6-20(19)24-7-9-29-10-8-24)23-21(25)15-11-17(27-2)14-18(12-15)28-3;/h5-6,11-14H,4,7-10H2,1-3H3,(H,23,25);1H. The second-order valence-electron chi connectivity index (χ2n) is 6.61. The predicted octanol–water partition coefficient (Wildman–Crippen LogP) is 3.39. The van der Waals surface area contributed by atoms with E-state index in [0.717, 1.165) is 5.69 Å². The summed E-state index contributed by atoms with van der Waals surface area (Å²) >= 11 is 0. The van der Waals surface area contributed by atoms with Gasteiger partial charge in [0.1, 0.15) is 11.5 Å². The summed E-state index contributed by atoms with van der Waals surface area (Å²) < 4.78 is 21.1. The van der Waals surface area contributed by atoms with Gasteiger partial charge in [0.05, 0.1) is 45.3 Å². The van der Waals surface area contributed by atoms with Gasteiger partial charge in [-0.2, -0.15) is 0 Å². The Bertz CT molecular complexity index is 893. The molecule has 0 radical (unpaired) electrons. The number of anilines is 2. The minimum absolute atomic E-state index is 0. The van der Waals surface area contributed by atoms with Crippen LogP contribution in [0.3, 0.4) is 0 Å². The molecule has 0 saturated carbocycles. The Labute approximate surface area is 187 Å². The highest BCUT2D eigenvalue weighted by Crippen LogP contribution is 2.27. The summed E-state index contributed by atoms with van der Waals surface area (Å²) in [6.45, 7) is 4.58. The van der Waals surface area contributed by atoms with Crippen LogP contribution in [0.5, 0.6) is 11.5 Å². The number of benzene rings is 2. The van der Waals surface area contributed by atoms with E-state index < -0.39 is 5.97 Å². The van der Waals surface area contributed by atoms with Crippen LogP contribution in [0.15, 0.2) is 36.4 Å². The van der Waals surface area contributed by atoms with E-state index in [9.17, 15) is 9.59 Å². The lowest BCUT2D eigenvalue weighted by Crippen LogP contribution is -2.37. The number of hydrogen-bond acceptors (Lipinski definition) is 7. The van der Waals surface area contributed by atoms with Crippen molar-refractivity contribution in [3.63, 3.8) is 0 Å². The minimum Gasteiger partial charge on any atom is -0.497 e. The Morgan fingerprint density at radius 1 is 1.03 bits per heavy atom. The fraction of sp³-hybridized carbons (Fsp3) is 0.364. The number of methoxy groups -OCH3 is 2. The normalized spacial score (nSPS) is 13.1. The number of nitrogens with one attached hydrogen (secondary N) is 1. The summed E-state index contributed by atoms with van der Waals surface area (Å²) in [5, 5.41) is 2.83. The molecule has 2 aromatic carbocycles. The van der Waals surface area contributed by atoms with Gasteiger partial charge in [-0.15, -0.1) is 12.4 Å². The molecule has 1 N–H and O–H groups in total. The van der Waals surface area contributed by atoms with Crippen LogP contribution in [-0.2, 0) is 9.47 Å². The van der Waals surface area contributed by atoms with Crippen LogP contribution in [0.1, 0.15) is 27.6 Å². The van der Waals surface area contributed by atoms with Crippen molar-refractivity contribution in [2.75, 3.05) is 57.3 Å². The van der Waals surface area contributed by atoms with E-state index in [0.29, 0.717) is 54.6 Å². The fourth-order valence-electron chi connectivity index (χ4n) is 3.21. The lowest BCUT2D eigenvalue weighted by atomic mass is 10.1. The average molecular weight is 451 g/mol. The zero-order valence-electron chi connectivity index (χ0n) is 17.8. The van der Waals surface area contributed by atoms with Gasteiger partial charge in [-0.3, -0.25) is 4.79 Å². The van der Waals surface area contributed by atoms with Gasteiger partial charge in [0.15, 0.2) is 0 Å². The Hall–Kier alpha value is -2.97. The SMILES string of the molecule is CCOC(=O)c1cc(NC(=O)c2cc(OC)cc(OC)c2)ccc1N1CCOCC1.Cl. The number of amides is 1. The Balaban J connectivity index is 0.00000341. The molecule has 168 valence electrons. The molecule has 1 aliphatic rings. The largest absolute Gasteiger partial charge is 0.497 e. The molecule has 2 aromatic rings. The number of morpholine rings is 1. The van der Waals surface area contributed by atoms with Crippen LogP contribution < -0.4 is 19.7 Å². The summed E-state index contributed by atoms with van der Waals surface area (Å²) in [6, 6.07) is 10.1. The molecule has 0 atom stereocenters. The molecule has 0 spiro atoms. The van der Waals surface area contributed by atoms with Crippen LogP contribution in [0.25, 0.3) is 0 Å². The molecule has 8 nitrogen and oxygen atoms in total. The number of carbonyl (C=O) groups excluding carboxylic acids is 2. The van der Waals surface area contributed by atoms with Crippen LogP contribution in [0.4, 0.5) is 11.4 Å². The maximum atomic E-state index is 12.8. The number of esters is 1. The van der Waals surface area contributed by atoms with E-state index in [-0.39, 0.29) is 24.9 Å². The first-order chi connectivity index (χ1) is 14.5. The van der Waals surface area contributed by atoms with Gasteiger partial charge < -0.3 is 29.2 Å². The maximum absolute atomic E-state index is 12.8. The number of hydrogen-bond donors (Lipinski definition) is 1. The van der Waals surface area contributed by atoms with Crippen LogP contribution >= 0.6 is 12.4 Å². The summed E-state index contributed by atoms with van der Waals surface area (Å²) in [5.74, 6) is 0.239. The van der Waals surface area contributed by atoms with E-state index in [1.165, 1.54) is 14.2 Å². The van der Waals surface area contributed by atoms with Gasteiger partial charge >= 0.3 is 5.97 Å². The Morgan fingerprint density at radius 3 is 2.26 bits per heavy atom. The smallest absolute Gasteiger partial charge is 0.340 e. The zero-order valence-corrected chi connectivity index (χ0v) is 18.6. The molecule has 31 heavy (non-hydrogen) atoms. The number of halogens is 1. The van der Waals surface area contributed by atoms with Crippen molar-refractivity contribution in [1.82, 2.24) is 0 Å². The lowest BCUT2D eigenvalue weighted by molar-refractivity contribution is 0.0526. The van der Waals surface area contributed by atoms with Crippen molar-refractivity contribution >= 4 is 35.7 Å². The summed E-state index contributed by atoms with van der Waals surface area (Å²) in [6.07, 6.45) is 0. The van der Waals surface area contributed by atoms with Gasteiger partial charge in [-0.1, -0.05) is 0 Å². The Morgan fingerprint density at radius 2 is 1.68 bits per heavy atom. The van der Waals surface area contributed by atoms with Crippen LogP contribution in [-0.4, -0.2) is 59.0 Å². The topological polar surface area (TPSA) is 86.3 Å². The first-order valence-corrected chi connectivity index (χ1v) is 9.74. The zero-order chi connectivity index (χ0) is 21.5. The molecular weight excluding hydrogens is 424 g/mol. The highest BCUT2D eigenvalue weighted by atomic mass is 35.5. The molecule has 3 rings (SSSR count). The van der Waals surface area contributed by atoms with Crippen molar-refractivity contribution in [1.29, 1.82) is 0 Å². The summed E-state index contributed by atoms with van der Waals surface area (Å²) in [7, 11) is 3.04. The number of nitrogens with zero attached hydrogens (tertiary/aromatic N) is 1. The van der Waals surface area contributed by atoms with E-state index >= 15 is 0 Å². The first kappa shape index (κ1) is 24.3. The fourth-order valence-corrected chi connectivity index (χ4v) is 3.21. The van der Waals surface area contributed by atoms with Gasteiger partial charge in [0, 0.05) is 30.4 Å². The molecule has 9 heteroatoms. The third-order valence-electron chi connectivity index (χ3n) is 4.72. The van der Waals surface area contributed by atoms with Gasteiger partial charge in [-0.05, 0) is 37.3 Å². The monoisotopic (exact) mass is 450 g/mol. The van der Waals surface area contributed by atoms with Crippen molar-refractivity contribution in [2.24, 2.45) is 0 Å². The third-order valence-corrected chi connectivity index (χ3v) is 4.72. The highest BCUT2D eigenvalue weighted by Gasteiger charge is 2.21. The second kappa shape index (κ2) is 11.4. The van der Waals surface area contributed by atoms with E-state index in [4.69, 9.17) is 18.9 Å². The van der Waals surface area contributed by atoms with Crippen molar-refractivity contribution < 1.29 is 28.5 Å². The quantitative estimate of drug-likeness (QED) is 0.647. The maximum Gasteiger partial charge on any atom is 0.340 e. The molecule has 0 aliphatic carbocycles. The minimum atomic E-state index is -0.432. The summed E-state index contributed by atoms with van der Waals surface area (Å²) in [4.78, 5) is 27.4. The molecule has 0 bridgehead atoms. The third kappa shape index (κ3) is 6.02. The molecular formula is C22H27ClN2O6. The molecule has 0 aromatic heterocycles. The van der Waals surface area contributed by atoms with E-state index in [1.807, 2.05) is 6.07 Å². The van der Waals surface area contributed by atoms with Gasteiger partial charge in [0.25, 0.3) is 5.91 Å². The number of carbonyl (C=O) groups is 2. The molecule has 1 amide bonds. The highest BCUT2D eigenvalue weighted by molar-refractivity contribution is 6.06. The van der Waals surface area contributed by atoms with E-state index in [1.54, 1.807) is 37.3 Å². The molecule has 1 heterocycles. The molecule has 1 aliphatic heterocycles. The molecule has 1 fully saturated rings. The first-order valence-electron chi connectivity index (χ1n) is 9.74. The van der Waals surface area contributed by atoms with Crippen molar-refractivity contribution in [2.45, 2.75) is 6.92 Å². The second-order valence-corrected chi connectivity index (χ2v) is 6.61. The van der Waals surface area contributed by atoms with Crippen LogP contribution in [0, 0.1) is 0 Å². The van der Waals surface area contributed by atoms with Gasteiger partial charge in [0.2, 0.25) is 0 Å². The number of ether oxygens (including phenoxy) is 4. The lowest BCUT2D eigenvalue weighted by Gasteiger charge is -2.30. The van der Waals surface area contributed by atoms with E-state index in [2.05, 4.69) is 10.2 Å². The summed E-state index contributed by atoms with van der Waals surface area (Å²) in [5.41, 5.74) is 2.03. The Kier molecular flexibility index (Phi) is 8.96. The van der Waals surface area contributed by atoms with Gasteiger partial charge in [-0.25, -0.2) is 4.79 Å². The van der Waals surface area contributed by atoms with Crippen molar-refractivity contribution in [3.05, 3.63) is 47.5 Å². The average Bonchev–Trinajstić information content (AvgIpc) is 2.79. The number of rotatable bonds is 7. The molecule has 0 unspecified atom stereocenters. The van der Waals surface area contributed by atoms with Crippen LogP contribution in [0.2, 0.25) is 0 Å². The van der Waals surface area contributed by atoms with Crippen molar-refractivity contribution in [3.8, 4) is 11.5 Å².